The van der Waals surface area contributed by atoms with Crippen molar-refractivity contribution >= 4 is 33.0 Å². The van der Waals surface area contributed by atoms with E-state index in [1.54, 1.807) is 30.3 Å². The number of sulfone groups is 1. The van der Waals surface area contributed by atoms with Gasteiger partial charge in [0.1, 0.15) is 4.90 Å². The highest BCUT2D eigenvalue weighted by Crippen LogP contribution is 2.40. The van der Waals surface area contributed by atoms with Gasteiger partial charge in [0.25, 0.3) is 5.91 Å². The minimum Gasteiger partial charge on any atom is -0.375 e. The Bertz CT molecular complexity index is 1440. The Labute approximate surface area is 224 Å². The van der Waals surface area contributed by atoms with Crippen LogP contribution in [0.1, 0.15) is 48.0 Å². The Kier molecular flexibility index (Phi) is 8.59. The Balaban J connectivity index is 1.54. The highest BCUT2D eigenvalue weighted by Gasteiger charge is 2.39. The van der Waals surface area contributed by atoms with Gasteiger partial charge in [-0.1, -0.05) is 55.7 Å². The van der Waals surface area contributed by atoms with E-state index in [0.29, 0.717) is 6.07 Å². The lowest BCUT2D eigenvalue weighted by Gasteiger charge is -2.23. The summed E-state index contributed by atoms with van der Waals surface area (Å²) in [6.07, 6.45) is 0.0118. The van der Waals surface area contributed by atoms with Gasteiger partial charge in [-0.25, -0.2) is 8.42 Å². The molecule has 3 aromatic rings. The highest BCUT2D eigenvalue weighted by atomic mass is 32.2. The maximum Gasteiger partial charge on any atom is 0.417 e. The Morgan fingerprint density at radius 3 is 2.15 bits per heavy atom. The molecule has 0 aromatic heterocycles. The number of alkyl halides is 3. The van der Waals surface area contributed by atoms with E-state index < -0.39 is 38.9 Å². The van der Waals surface area contributed by atoms with Crippen LogP contribution < -0.4 is 16.0 Å². The molecule has 0 spiro atoms. The minimum atomic E-state index is -4.96. The van der Waals surface area contributed by atoms with Crippen LogP contribution in [-0.4, -0.2) is 32.8 Å². The molecule has 4 rings (SSSR count). The maximum absolute atomic E-state index is 13.8. The summed E-state index contributed by atoms with van der Waals surface area (Å²) in [6, 6.07) is 16.2. The predicted octanol–water partition coefficient (Wildman–Crippen LogP) is 5.65. The summed E-state index contributed by atoms with van der Waals surface area (Å²) in [5.74, 6) is -1.01. The fraction of sp³-hybridized carbons (Fsp3) is 0.286. The zero-order valence-corrected chi connectivity index (χ0v) is 21.7. The van der Waals surface area contributed by atoms with Gasteiger partial charge in [0, 0.05) is 6.04 Å². The molecule has 7 nitrogen and oxygen atoms in total. The van der Waals surface area contributed by atoms with Crippen LogP contribution in [-0.2, 0) is 20.8 Å². The highest BCUT2D eigenvalue weighted by molar-refractivity contribution is 7.91. The van der Waals surface area contributed by atoms with Crippen molar-refractivity contribution in [3.05, 3.63) is 83.9 Å². The second-order valence-corrected chi connectivity index (χ2v) is 11.1. The van der Waals surface area contributed by atoms with Gasteiger partial charge >= 0.3 is 6.18 Å². The Hall–Kier alpha value is -3.86. The molecule has 39 heavy (non-hydrogen) atoms. The summed E-state index contributed by atoms with van der Waals surface area (Å²) in [6.45, 7) is -0.544. The number of benzene rings is 3. The van der Waals surface area contributed by atoms with E-state index in [2.05, 4.69) is 16.0 Å². The van der Waals surface area contributed by atoms with Crippen LogP contribution in [0.5, 0.6) is 0 Å². The van der Waals surface area contributed by atoms with Crippen LogP contribution in [0.15, 0.2) is 82.6 Å². The number of amides is 2. The average Bonchev–Trinajstić information content (AvgIpc) is 2.92. The lowest BCUT2D eigenvalue weighted by atomic mass is 9.95. The fourth-order valence-corrected chi connectivity index (χ4v) is 6.23. The molecule has 1 fully saturated rings. The lowest BCUT2D eigenvalue weighted by molar-refractivity contribution is -0.139. The van der Waals surface area contributed by atoms with E-state index in [1.807, 2.05) is 0 Å². The first kappa shape index (κ1) is 28.2. The van der Waals surface area contributed by atoms with Gasteiger partial charge < -0.3 is 16.0 Å². The zero-order chi connectivity index (χ0) is 28.0. The Morgan fingerprint density at radius 2 is 1.46 bits per heavy atom. The van der Waals surface area contributed by atoms with Crippen LogP contribution in [0.2, 0.25) is 0 Å². The molecule has 1 saturated carbocycles. The predicted molar refractivity (Wildman–Crippen MR) is 141 cm³/mol. The first-order valence-electron chi connectivity index (χ1n) is 12.5. The molecule has 3 N–H and O–H groups in total. The van der Waals surface area contributed by atoms with E-state index in [1.165, 1.54) is 30.3 Å². The van der Waals surface area contributed by atoms with Crippen molar-refractivity contribution in [2.75, 3.05) is 17.2 Å². The first-order chi connectivity index (χ1) is 18.6. The van der Waals surface area contributed by atoms with Gasteiger partial charge in [-0.3, -0.25) is 9.59 Å². The van der Waals surface area contributed by atoms with Crippen molar-refractivity contribution in [2.45, 2.75) is 54.1 Å². The van der Waals surface area contributed by atoms with Crippen molar-refractivity contribution in [3.8, 4) is 0 Å². The van der Waals surface area contributed by atoms with Gasteiger partial charge in [-0.05, 0) is 49.2 Å². The molecule has 0 saturated heterocycles. The van der Waals surface area contributed by atoms with Crippen LogP contribution >= 0.6 is 0 Å². The summed E-state index contributed by atoms with van der Waals surface area (Å²) in [7, 11) is -4.59. The van der Waals surface area contributed by atoms with Crippen LogP contribution in [0.25, 0.3) is 0 Å². The normalized spacial score (nSPS) is 14.4. The molecule has 0 heterocycles. The number of hydrogen-bond acceptors (Lipinski definition) is 5. The molecular formula is C28H28F3N3O4S. The summed E-state index contributed by atoms with van der Waals surface area (Å²) in [5.41, 5.74) is -1.23. The SMILES string of the molecule is O=C(CNc1cccc(C(F)(F)F)c1S(=O)(=O)c1ccccc1)Nc1ccccc1C(=O)NC1CCCCC1. The Morgan fingerprint density at radius 1 is 0.821 bits per heavy atom. The van der Waals surface area contributed by atoms with Gasteiger partial charge in [-0.2, -0.15) is 13.2 Å². The quantitative estimate of drug-likeness (QED) is 0.331. The fourth-order valence-electron chi connectivity index (χ4n) is 4.58. The number of nitrogens with one attached hydrogen (secondary N) is 3. The standard InChI is InChI=1S/C28H28F3N3O4S/c29-28(30,31)22-15-9-17-24(26(22)39(37,38)20-12-5-2-6-13-20)32-18-25(35)34-23-16-8-7-14-21(23)27(36)33-19-10-3-1-4-11-19/h2,5-9,12-17,19,32H,1,3-4,10-11,18H2,(H,33,36)(H,34,35). The molecule has 3 aromatic carbocycles. The maximum atomic E-state index is 13.8. The summed E-state index contributed by atoms with van der Waals surface area (Å²) in [5, 5.41) is 8.13. The van der Waals surface area contributed by atoms with Crippen LogP contribution in [0, 0.1) is 0 Å². The number of anilines is 2. The first-order valence-corrected chi connectivity index (χ1v) is 14.0. The van der Waals surface area contributed by atoms with Gasteiger partial charge in [-0.15, -0.1) is 0 Å². The van der Waals surface area contributed by atoms with Gasteiger partial charge in [0.2, 0.25) is 15.7 Å². The van der Waals surface area contributed by atoms with Crippen molar-refractivity contribution in [3.63, 3.8) is 0 Å². The average molecular weight is 560 g/mol. The van der Waals surface area contributed by atoms with Gasteiger partial charge in [0.05, 0.1) is 33.9 Å². The lowest BCUT2D eigenvalue weighted by Crippen LogP contribution is -2.36. The number of rotatable bonds is 8. The monoisotopic (exact) mass is 559 g/mol. The molecule has 0 unspecified atom stereocenters. The number of hydrogen-bond donors (Lipinski definition) is 3. The van der Waals surface area contributed by atoms with E-state index in [0.717, 1.165) is 38.2 Å². The minimum absolute atomic E-state index is 0.0579. The summed E-state index contributed by atoms with van der Waals surface area (Å²) >= 11 is 0. The number of carbonyl (C=O) groups is 2. The third-order valence-corrected chi connectivity index (χ3v) is 8.34. The molecule has 11 heteroatoms. The van der Waals surface area contributed by atoms with Crippen LogP contribution in [0.3, 0.4) is 0 Å². The molecule has 2 amide bonds. The number of halogens is 3. The molecule has 0 radical (unpaired) electrons. The van der Waals surface area contributed by atoms with Crippen molar-refractivity contribution in [2.24, 2.45) is 0 Å². The largest absolute Gasteiger partial charge is 0.417 e. The molecule has 1 aliphatic carbocycles. The second-order valence-electron chi connectivity index (χ2n) is 9.25. The number of carbonyl (C=O) groups excluding carboxylic acids is 2. The molecule has 1 aliphatic rings. The zero-order valence-electron chi connectivity index (χ0n) is 20.9. The van der Waals surface area contributed by atoms with Crippen molar-refractivity contribution in [1.82, 2.24) is 5.32 Å². The van der Waals surface area contributed by atoms with Crippen molar-refractivity contribution < 1.29 is 31.2 Å². The van der Waals surface area contributed by atoms with E-state index in [4.69, 9.17) is 0 Å². The third kappa shape index (κ3) is 6.78. The van der Waals surface area contributed by atoms with Gasteiger partial charge in [0.15, 0.2) is 0 Å². The van der Waals surface area contributed by atoms with E-state index >= 15 is 0 Å². The molecule has 0 atom stereocenters. The second kappa shape index (κ2) is 11.9. The molecular weight excluding hydrogens is 531 g/mol. The van der Waals surface area contributed by atoms with E-state index in [-0.39, 0.29) is 33.8 Å². The smallest absolute Gasteiger partial charge is 0.375 e. The number of para-hydroxylation sites is 1. The summed E-state index contributed by atoms with van der Waals surface area (Å²) in [4.78, 5) is 24.4. The molecule has 0 bridgehead atoms. The van der Waals surface area contributed by atoms with E-state index in [9.17, 15) is 31.2 Å². The third-order valence-electron chi connectivity index (χ3n) is 6.47. The van der Waals surface area contributed by atoms with Crippen molar-refractivity contribution in [1.29, 1.82) is 0 Å². The van der Waals surface area contributed by atoms with Crippen LogP contribution in [0.4, 0.5) is 24.5 Å². The molecule has 0 aliphatic heterocycles. The molecule has 206 valence electrons. The summed E-state index contributed by atoms with van der Waals surface area (Å²) < 4.78 is 68.0. The topological polar surface area (TPSA) is 104 Å².